The first kappa shape index (κ1) is 25.0. The zero-order valence-electron chi connectivity index (χ0n) is 18.9. The Balaban J connectivity index is 1.71. The standard InChI is InChI=1S/C23H22F6N4O2/c1-11-15(5-4-6-17(11)22(24,25)26)12(2)30-20-16-10-33(14-8-21(35,9-14)23(27,28)29)19(34)7-18(16)31-13(3)32-20/h4-7,10,12,14,35H,8-9H2,1-3H3,(H,30,31,32)/t12?,14-,21+. The van der Waals surface area contributed by atoms with Gasteiger partial charge in [-0.15, -0.1) is 0 Å². The highest BCUT2D eigenvalue weighted by molar-refractivity contribution is 5.88. The lowest BCUT2D eigenvalue weighted by atomic mass is 9.75. The molecular weight excluding hydrogens is 478 g/mol. The summed E-state index contributed by atoms with van der Waals surface area (Å²) in [6, 6.07) is 3.52. The molecule has 1 atom stereocenters. The Bertz CT molecular complexity index is 1340. The Morgan fingerprint density at radius 2 is 1.80 bits per heavy atom. The molecule has 35 heavy (non-hydrogen) atoms. The van der Waals surface area contributed by atoms with Gasteiger partial charge in [-0.05, 0) is 38.0 Å². The topological polar surface area (TPSA) is 80.0 Å². The molecule has 1 unspecified atom stereocenters. The summed E-state index contributed by atoms with van der Waals surface area (Å²) in [7, 11) is 0. The summed E-state index contributed by atoms with van der Waals surface area (Å²) in [5, 5.41) is 13.1. The molecule has 1 aromatic carbocycles. The van der Waals surface area contributed by atoms with E-state index in [1.165, 1.54) is 25.3 Å². The molecular formula is C23H22F6N4O2. The first-order chi connectivity index (χ1) is 16.1. The minimum absolute atomic E-state index is 0.0490. The van der Waals surface area contributed by atoms with Crippen molar-refractivity contribution in [2.75, 3.05) is 5.32 Å². The van der Waals surface area contributed by atoms with Gasteiger partial charge in [0, 0.05) is 31.1 Å². The third-order valence-corrected chi connectivity index (χ3v) is 6.44. The van der Waals surface area contributed by atoms with Gasteiger partial charge >= 0.3 is 12.4 Å². The maximum atomic E-state index is 13.3. The molecule has 2 heterocycles. The number of fused-ring (bicyclic) bond motifs is 1. The van der Waals surface area contributed by atoms with Crippen LogP contribution in [-0.2, 0) is 6.18 Å². The fraction of sp³-hybridized carbons (Fsp3) is 0.435. The number of halogens is 6. The van der Waals surface area contributed by atoms with E-state index in [-0.39, 0.29) is 16.9 Å². The summed E-state index contributed by atoms with van der Waals surface area (Å²) in [6.45, 7) is 4.60. The lowest BCUT2D eigenvalue weighted by molar-refractivity contribution is -0.296. The molecule has 1 saturated carbocycles. The van der Waals surface area contributed by atoms with E-state index in [1.54, 1.807) is 19.9 Å². The van der Waals surface area contributed by atoms with Crippen molar-refractivity contribution < 1.29 is 31.4 Å². The summed E-state index contributed by atoms with van der Waals surface area (Å²) in [6.07, 6.45) is -9.34. The van der Waals surface area contributed by atoms with Crippen LogP contribution in [0.15, 0.2) is 35.3 Å². The molecule has 0 bridgehead atoms. The number of aryl methyl sites for hydroxylation is 1. The molecule has 0 amide bonds. The first-order valence-corrected chi connectivity index (χ1v) is 10.7. The Morgan fingerprint density at radius 1 is 1.14 bits per heavy atom. The van der Waals surface area contributed by atoms with E-state index in [1.807, 2.05) is 0 Å². The van der Waals surface area contributed by atoms with Crippen molar-refractivity contribution in [3.63, 3.8) is 0 Å². The number of pyridine rings is 1. The van der Waals surface area contributed by atoms with Gasteiger partial charge in [0.2, 0.25) is 0 Å². The third-order valence-electron chi connectivity index (χ3n) is 6.44. The molecule has 2 N–H and O–H groups in total. The minimum Gasteiger partial charge on any atom is -0.380 e. The molecule has 0 aliphatic heterocycles. The predicted octanol–water partition coefficient (Wildman–Crippen LogP) is 5.23. The average molecular weight is 500 g/mol. The lowest BCUT2D eigenvalue weighted by Crippen LogP contribution is -2.56. The Hall–Kier alpha value is -3.15. The van der Waals surface area contributed by atoms with Gasteiger partial charge < -0.3 is 15.0 Å². The third kappa shape index (κ3) is 4.46. The monoisotopic (exact) mass is 500 g/mol. The predicted molar refractivity (Wildman–Crippen MR) is 116 cm³/mol. The molecule has 0 saturated heterocycles. The average Bonchev–Trinajstić information content (AvgIpc) is 2.69. The first-order valence-electron chi connectivity index (χ1n) is 10.7. The van der Waals surface area contributed by atoms with Gasteiger partial charge in [-0.25, -0.2) is 9.97 Å². The second-order valence-corrected chi connectivity index (χ2v) is 8.91. The summed E-state index contributed by atoms with van der Waals surface area (Å²) in [5.74, 6) is 0.510. The van der Waals surface area contributed by atoms with Crippen LogP contribution in [0.3, 0.4) is 0 Å². The molecule has 4 rings (SSSR count). The zero-order chi connectivity index (χ0) is 25.9. The molecule has 2 aromatic heterocycles. The van der Waals surface area contributed by atoms with E-state index in [0.717, 1.165) is 10.6 Å². The summed E-state index contributed by atoms with van der Waals surface area (Å²) >= 11 is 0. The lowest BCUT2D eigenvalue weighted by Gasteiger charge is -2.44. The number of benzene rings is 1. The quantitative estimate of drug-likeness (QED) is 0.480. The highest BCUT2D eigenvalue weighted by Crippen LogP contribution is 2.50. The molecule has 1 aliphatic rings. The van der Waals surface area contributed by atoms with Crippen LogP contribution in [0.5, 0.6) is 0 Å². The molecule has 12 heteroatoms. The smallest absolute Gasteiger partial charge is 0.380 e. The minimum atomic E-state index is -4.81. The highest BCUT2D eigenvalue weighted by atomic mass is 19.4. The number of aromatic nitrogens is 3. The number of hydrogen-bond donors (Lipinski definition) is 2. The van der Waals surface area contributed by atoms with Crippen LogP contribution in [0, 0.1) is 13.8 Å². The summed E-state index contributed by atoms with van der Waals surface area (Å²) in [4.78, 5) is 21.1. The number of aliphatic hydroxyl groups is 1. The van der Waals surface area contributed by atoms with Gasteiger partial charge in [-0.1, -0.05) is 12.1 Å². The second kappa shape index (κ2) is 8.21. The van der Waals surface area contributed by atoms with E-state index in [4.69, 9.17) is 0 Å². The van der Waals surface area contributed by atoms with Crippen molar-refractivity contribution in [1.29, 1.82) is 0 Å². The molecule has 0 radical (unpaired) electrons. The Morgan fingerprint density at radius 3 is 2.40 bits per heavy atom. The molecule has 1 fully saturated rings. The van der Waals surface area contributed by atoms with E-state index in [9.17, 15) is 36.2 Å². The number of nitrogens with zero attached hydrogens (tertiary/aromatic N) is 3. The van der Waals surface area contributed by atoms with Crippen molar-refractivity contribution in [3.8, 4) is 0 Å². The van der Waals surface area contributed by atoms with Crippen LogP contribution < -0.4 is 10.9 Å². The van der Waals surface area contributed by atoms with Crippen LogP contribution >= 0.6 is 0 Å². The largest absolute Gasteiger partial charge is 0.417 e. The van der Waals surface area contributed by atoms with Crippen LogP contribution in [0.25, 0.3) is 10.9 Å². The van der Waals surface area contributed by atoms with E-state index < -0.39 is 54.0 Å². The fourth-order valence-electron chi connectivity index (χ4n) is 4.49. The maximum Gasteiger partial charge on any atom is 0.417 e. The van der Waals surface area contributed by atoms with Crippen molar-refractivity contribution in [3.05, 3.63) is 63.3 Å². The van der Waals surface area contributed by atoms with Crippen LogP contribution in [0.4, 0.5) is 32.2 Å². The number of rotatable bonds is 4. The fourth-order valence-corrected chi connectivity index (χ4v) is 4.49. The van der Waals surface area contributed by atoms with E-state index in [0.29, 0.717) is 16.8 Å². The number of anilines is 1. The van der Waals surface area contributed by atoms with E-state index >= 15 is 0 Å². The SMILES string of the molecule is Cc1nc(NC(C)c2cccc(C(F)(F)F)c2C)c2cn([C@H]3C[C@](O)(C(F)(F)F)C3)c(=O)cc2n1. The van der Waals surface area contributed by atoms with Crippen molar-refractivity contribution in [2.45, 2.75) is 63.7 Å². The van der Waals surface area contributed by atoms with Gasteiger partial charge in [0.05, 0.1) is 22.5 Å². The number of nitrogens with one attached hydrogen (secondary N) is 1. The van der Waals surface area contributed by atoms with Gasteiger partial charge in [-0.3, -0.25) is 4.79 Å². The molecule has 0 spiro atoms. The molecule has 3 aromatic rings. The summed E-state index contributed by atoms with van der Waals surface area (Å²) < 4.78 is 80.2. The van der Waals surface area contributed by atoms with Crippen LogP contribution in [0.2, 0.25) is 0 Å². The van der Waals surface area contributed by atoms with Crippen molar-refractivity contribution >= 4 is 16.7 Å². The molecule has 188 valence electrons. The summed E-state index contributed by atoms with van der Waals surface area (Å²) in [5.41, 5.74) is -3.54. The van der Waals surface area contributed by atoms with Gasteiger partial charge in [0.15, 0.2) is 5.60 Å². The second-order valence-electron chi connectivity index (χ2n) is 8.91. The normalized spacial score (nSPS) is 21.6. The maximum absolute atomic E-state index is 13.3. The molecule has 1 aliphatic carbocycles. The van der Waals surface area contributed by atoms with Crippen molar-refractivity contribution in [1.82, 2.24) is 14.5 Å². The van der Waals surface area contributed by atoms with Crippen LogP contribution in [0.1, 0.15) is 54.4 Å². The molecule has 6 nitrogen and oxygen atoms in total. The zero-order valence-corrected chi connectivity index (χ0v) is 18.9. The van der Waals surface area contributed by atoms with E-state index in [2.05, 4.69) is 15.3 Å². The van der Waals surface area contributed by atoms with Gasteiger partial charge in [-0.2, -0.15) is 26.3 Å². The number of hydrogen-bond acceptors (Lipinski definition) is 5. The number of alkyl halides is 6. The Labute approximate surface area is 195 Å². The van der Waals surface area contributed by atoms with Crippen molar-refractivity contribution in [2.24, 2.45) is 0 Å². The Kier molecular flexibility index (Phi) is 5.86. The van der Waals surface area contributed by atoms with Crippen LogP contribution in [-0.4, -0.2) is 31.4 Å². The highest BCUT2D eigenvalue weighted by Gasteiger charge is 2.61. The van der Waals surface area contributed by atoms with Gasteiger partial charge in [0.25, 0.3) is 5.56 Å². The van der Waals surface area contributed by atoms with Gasteiger partial charge in [0.1, 0.15) is 11.6 Å².